The number of primary amides is 1. The van der Waals surface area contributed by atoms with Crippen molar-refractivity contribution in [1.82, 2.24) is 0 Å². The van der Waals surface area contributed by atoms with Gasteiger partial charge in [-0.25, -0.2) is 0 Å². The first-order valence-electron chi connectivity index (χ1n) is 7.70. The number of ketones is 1. The largest absolute Gasteiger partial charge is 0.366 e. The number of Topliss-reactive ketones (excluding diaryl/α,β-unsaturated/α-hetero) is 1. The molecule has 3 N–H and O–H groups in total. The van der Waals surface area contributed by atoms with Gasteiger partial charge in [0.05, 0.1) is 9.80 Å². The van der Waals surface area contributed by atoms with E-state index in [-0.39, 0.29) is 28.3 Å². The van der Waals surface area contributed by atoms with Gasteiger partial charge in [-0.2, -0.15) is 0 Å². The quantitative estimate of drug-likeness (QED) is 0.396. The molecule has 0 spiro atoms. The van der Waals surface area contributed by atoms with Crippen molar-refractivity contribution in [3.05, 3.63) is 68.6 Å². The number of nitrogens with two attached hydrogens (primary N) is 1. The maximum atomic E-state index is 12.5. The van der Waals surface area contributed by atoms with Gasteiger partial charge in [-0.05, 0) is 37.3 Å². The maximum absolute atomic E-state index is 12.5. The molecule has 2 aromatic carbocycles. The van der Waals surface area contributed by atoms with Gasteiger partial charge in [-0.15, -0.1) is 11.3 Å². The van der Waals surface area contributed by atoms with Crippen LogP contribution in [0.15, 0.2) is 42.5 Å². The van der Waals surface area contributed by atoms with Crippen molar-refractivity contribution in [3.63, 3.8) is 0 Å². The zero-order chi connectivity index (χ0) is 19.7. The highest BCUT2D eigenvalue weighted by Gasteiger charge is 2.15. The predicted molar refractivity (Wildman–Crippen MR) is 101 cm³/mol. The van der Waals surface area contributed by atoms with Gasteiger partial charge in [0, 0.05) is 39.0 Å². The number of hydrogen-bond acceptors (Lipinski definition) is 6. The lowest BCUT2D eigenvalue weighted by Crippen LogP contribution is -2.15. The number of nitrogens with one attached hydrogen (secondary N) is 1. The highest BCUT2D eigenvalue weighted by Crippen LogP contribution is 2.29. The van der Waals surface area contributed by atoms with Gasteiger partial charge in [0.15, 0.2) is 5.78 Å². The van der Waals surface area contributed by atoms with Gasteiger partial charge in [0.25, 0.3) is 11.6 Å². The van der Waals surface area contributed by atoms with Crippen molar-refractivity contribution in [1.29, 1.82) is 0 Å². The summed E-state index contributed by atoms with van der Waals surface area (Å²) in [5.74, 6) is -1.46. The molecule has 27 heavy (non-hydrogen) atoms. The molecule has 0 saturated carbocycles. The monoisotopic (exact) mass is 383 g/mol. The highest BCUT2D eigenvalue weighted by atomic mass is 32.1. The molecule has 0 saturated heterocycles. The Morgan fingerprint density at radius 3 is 2.41 bits per heavy atom. The van der Waals surface area contributed by atoms with Crippen LogP contribution in [0.4, 0.5) is 11.4 Å². The number of fused-ring (bicyclic) bond motifs is 1. The van der Waals surface area contributed by atoms with E-state index in [0.29, 0.717) is 10.3 Å². The second-order valence-corrected chi connectivity index (χ2v) is 6.85. The molecule has 0 aliphatic heterocycles. The molecule has 3 rings (SSSR count). The summed E-state index contributed by atoms with van der Waals surface area (Å²) in [4.78, 5) is 46.3. The Morgan fingerprint density at radius 2 is 1.78 bits per heavy atom. The molecule has 1 aromatic heterocycles. The molecule has 8 nitrogen and oxygen atoms in total. The van der Waals surface area contributed by atoms with E-state index in [9.17, 15) is 24.5 Å². The van der Waals surface area contributed by atoms with Crippen LogP contribution in [0.3, 0.4) is 0 Å². The topological polar surface area (TPSA) is 132 Å². The van der Waals surface area contributed by atoms with Crippen molar-refractivity contribution in [3.8, 4) is 0 Å². The average molecular weight is 383 g/mol. The number of nitrogens with zero attached hydrogens (tertiary/aromatic N) is 1. The van der Waals surface area contributed by atoms with Crippen LogP contribution in [0.2, 0.25) is 0 Å². The summed E-state index contributed by atoms with van der Waals surface area (Å²) in [6.07, 6.45) is 0. The first-order chi connectivity index (χ1) is 12.7. The molecule has 9 heteroatoms. The first kappa shape index (κ1) is 18.2. The smallest absolute Gasteiger partial charge is 0.270 e. The lowest BCUT2D eigenvalue weighted by molar-refractivity contribution is -0.384. The molecular formula is C18H13N3O5S. The third-order valence-corrected chi connectivity index (χ3v) is 4.93. The van der Waals surface area contributed by atoms with E-state index in [1.807, 2.05) is 0 Å². The summed E-state index contributed by atoms with van der Waals surface area (Å²) < 4.78 is 0.723. The number of nitro benzene ring substituents is 1. The Balaban J connectivity index is 1.93. The summed E-state index contributed by atoms with van der Waals surface area (Å²) in [7, 11) is 0. The SMILES string of the molecule is CC(=O)c1cc(NC(=O)c2cc3cc([N+](=O)[O-])ccc3s2)cc(C(N)=O)c1. The summed E-state index contributed by atoms with van der Waals surface area (Å²) in [6, 6.07) is 10.1. The van der Waals surface area contributed by atoms with Gasteiger partial charge in [0.2, 0.25) is 5.91 Å². The molecule has 0 bridgehead atoms. The molecule has 0 radical (unpaired) electrons. The number of amides is 2. The molecule has 0 atom stereocenters. The number of hydrogen-bond donors (Lipinski definition) is 2. The van der Waals surface area contributed by atoms with Gasteiger partial charge in [-0.1, -0.05) is 0 Å². The summed E-state index contributed by atoms with van der Waals surface area (Å²) in [5, 5.41) is 14.1. The van der Waals surface area contributed by atoms with Crippen molar-refractivity contribution < 1.29 is 19.3 Å². The first-order valence-corrected chi connectivity index (χ1v) is 8.51. The summed E-state index contributed by atoms with van der Waals surface area (Å²) >= 11 is 1.17. The van der Waals surface area contributed by atoms with Crippen LogP contribution < -0.4 is 11.1 Å². The van der Waals surface area contributed by atoms with Crippen LogP contribution >= 0.6 is 11.3 Å². The van der Waals surface area contributed by atoms with Crippen LogP contribution in [-0.4, -0.2) is 22.5 Å². The molecule has 136 valence electrons. The predicted octanol–water partition coefficient (Wildman–Crippen LogP) is 3.36. The van der Waals surface area contributed by atoms with Crippen molar-refractivity contribution in [2.24, 2.45) is 5.73 Å². The zero-order valence-corrected chi connectivity index (χ0v) is 14.8. The fourth-order valence-corrected chi connectivity index (χ4v) is 3.43. The Hall–Kier alpha value is -3.59. The lowest BCUT2D eigenvalue weighted by atomic mass is 10.1. The Labute approximate surface area is 156 Å². The van der Waals surface area contributed by atoms with Gasteiger partial charge >= 0.3 is 0 Å². The van der Waals surface area contributed by atoms with Crippen molar-refractivity contribution in [2.45, 2.75) is 6.92 Å². The number of benzene rings is 2. The number of carbonyl (C=O) groups is 3. The Morgan fingerprint density at radius 1 is 1.07 bits per heavy atom. The van der Waals surface area contributed by atoms with E-state index in [1.54, 1.807) is 12.1 Å². The van der Waals surface area contributed by atoms with Crippen LogP contribution in [0, 0.1) is 10.1 Å². The van der Waals surface area contributed by atoms with E-state index < -0.39 is 16.7 Å². The number of non-ortho nitro benzene ring substituents is 1. The third-order valence-electron chi connectivity index (χ3n) is 3.82. The molecule has 2 amide bonds. The maximum Gasteiger partial charge on any atom is 0.270 e. The van der Waals surface area contributed by atoms with Gasteiger partial charge in [-0.3, -0.25) is 24.5 Å². The van der Waals surface area contributed by atoms with Crippen LogP contribution in [0.25, 0.3) is 10.1 Å². The minimum absolute atomic E-state index is 0.0625. The second-order valence-electron chi connectivity index (χ2n) is 5.76. The van der Waals surface area contributed by atoms with E-state index >= 15 is 0 Å². The number of thiophene rings is 1. The van der Waals surface area contributed by atoms with Crippen molar-refractivity contribution in [2.75, 3.05) is 5.32 Å². The highest BCUT2D eigenvalue weighted by molar-refractivity contribution is 7.20. The molecule has 1 heterocycles. The van der Waals surface area contributed by atoms with Gasteiger partial charge < -0.3 is 11.1 Å². The Kier molecular flexibility index (Phi) is 4.70. The van der Waals surface area contributed by atoms with Crippen molar-refractivity contribution >= 4 is 50.4 Å². The minimum atomic E-state index is -0.720. The zero-order valence-electron chi connectivity index (χ0n) is 14.0. The minimum Gasteiger partial charge on any atom is -0.366 e. The normalized spacial score (nSPS) is 10.6. The van der Waals surface area contributed by atoms with Crippen LogP contribution in [0.5, 0.6) is 0 Å². The third kappa shape index (κ3) is 3.82. The van der Waals surface area contributed by atoms with E-state index in [0.717, 1.165) is 4.70 Å². The molecule has 0 fully saturated rings. The van der Waals surface area contributed by atoms with Crippen LogP contribution in [-0.2, 0) is 0 Å². The number of carbonyl (C=O) groups excluding carboxylic acids is 3. The van der Waals surface area contributed by atoms with Gasteiger partial charge in [0.1, 0.15) is 0 Å². The lowest BCUT2D eigenvalue weighted by Gasteiger charge is -2.07. The molecule has 3 aromatic rings. The van der Waals surface area contributed by atoms with E-state index in [2.05, 4.69) is 5.32 Å². The number of nitro groups is 1. The number of rotatable bonds is 5. The van der Waals surface area contributed by atoms with Crippen LogP contribution in [0.1, 0.15) is 37.3 Å². The fraction of sp³-hybridized carbons (Fsp3) is 0.0556. The fourth-order valence-electron chi connectivity index (χ4n) is 2.49. The summed E-state index contributed by atoms with van der Waals surface area (Å²) in [5.41, 5.74) is 5.81. The average Bonchev–Trinajstić information content (AvgIpc) is 3.04. The molecule has 0 aliphatic rings. The molecule has 0 aliphatic carbocycles. The molecule has 0 unspecified atom stereocenters. The second kappa shape index (κ2) is 6.96. The number of anilines is 1. The van der Waals surface area contributed by atoms with E-state index in [1.165, 1.54) is 48.6 Å². The van der Waals surface area contributed by atoms with E-state index in [4.69, 9.17) is 5.73 Å². The molecular weight excluding hydrogens is 370 g/mol. The summed E-state index contributed by atoms with van der Waals surface area (Å²) in [6.45, 7) is 1.34. The Bertz CT molecular complexity index is 1090. The standard InChI is InChI=1S/C18H13N3O5S/c1-9(22)10-4-12(17(19)23)6-13(5-10)20-18(24)16-8-11-7-14(21(25)26)2-3-15(11)27-16/h2-8H,1H3,(H2,19,23)(H,20,24).